The molecule has 0 aromatic carbocycles. The first-order valence-corrected chi connectivity index (χ1v) is 6.07. The third-order valence-electron chi connectivity index (χ3n) is 1.90. The first-order chi connectivity index (χ1) is 7.70. The van der Waals surface area contributed by atoms with Gasteiger partial charge in [0, 0.05) is 9.35 Å². The summed E-state index contributed by atoms with van der Waals surface area (Å²) in [6.45, 7) is 0.586. The molecule has 2 rings (SSSR count). The van der Waals surface area contributed by atoms with Crippen molar-refractivity contribution in [2.45, 2.75) is 6.54 Å². The quantitative estimate of drug-likeness (QED) is 0.813. The van der Waals surface area contributed by atoms with Gasteiger partial charge in [0.25, 0.3) is 5.82 Å². The van der Waals surface area contributed by atoms with E-state index in [4.69, 9.17) is 0 Å². The van der Waals surface area contributed by atoms with Crippen LogP contribution in [0.15, 0.2) is 22.2 Å². The normalized spacial score (nSPS) is 10.4. The zero-order valence-electron chi connectivity index (χ0n) is 8.38. The Balaban J connectivity index is 2.14. The van der Waals surface area contributed by atoms with E-state index in [9.17, 15) is 4.79 Å². The second kappa shape index (κ2) is 4.75. The fourth-order valence-corrected chi connectivity index (χ4v) is 2.61. The van der Waals surface area contributed by atoms with Crippen LogP contribution in [0.5, 0.6) is 0 Å². The third kappa shape index (κ3) is 2.30. The lowest BCUT2D eigenvalue weighted by molar-refractivity contribution is 0.0586. The summed E-state index contributed by atoms with van der Waals surface area (Å²) in [5, 5.41) is 6.00. The number of methoxy groups -OCH3 is 1. The number of thiophene rings is 1. The van der Waals surface area contributed by atoms with E-state index < -0.39 is 5.97 Å². The lowest BCUT2D eigenvalue weighted by Gasteiger charge is -1.97. The highest BCUT2D eigenvalue weighted by atomic mass is 79.9. The highest BCUT2D eigenvalue weighted by Crippen LogP contribution is 2.23. The van der Waals surface area contributed by atoms with Gasteiger partial charge < -0.3 is 4.74 Å². The van der Waals surface area contributed by atoms with Crippen molar-refractivity contribution < 1.29 is 9.53 Å². The Morgan fingerprint density at radius 1 is 1.69 bits per heavy atom. The van der Waals surface area contributed by atoms with Gasteiger partial charge in [0.2, 0.25) is 0 Å². The van der Waals surface area contributed by atoms with Gasteiger partial charge in [0.05, 0.1) is 13.7 Å². The predicted octanol–water partition coefficient (Wildman–Crippen LogP) is 1.94. The summed E-state index contributed by atoms with van der Waals surface area (Å²) in [6, 6.07) is 1.97. The Kier molecular flexibility index (Phi) is 3.35. The van der Waals surface area contributed by atoms with Gasteiger partial charge in [-0.15, -0.1) is 16.4 Å². The average Bonchev–Trinajstić information content (AvgIpc) is 2.89. The van der Waals surface area contributed by atoms with E-state index in [1.165, 1.54) is 13.4 Å². The van der Waals surface area contributed by atoms with Gasteiger partial charge in [-0.2, -0.15) is 0 Å². The fraction of sp³-hybridized carbons (Fsp3) is 0.222. The van der Waals surface area contributed by atoms with E-state index in [2.05, 4.69) is 30.7 Å². The van der Waals surface area contributed by atoms with Crippen molar-refractivity contribution in [3.05, 3.63) is 32.9 Å². The zero-order valence-corrected chi connectivity index (χ0v) is 10.8. The van der Waals surface area contributed by atoms with Crippen LogP contribution in [0.1, 0.15) is 15.5 Å². The number of rotatable bonds is 3. The maximum absolute atomic E-state index is 11.1. The van der Waals surface area contributed by atoms with Crippen molar-refractivity contribution in [2.24, 2.45) is 0 Å². The molecule has 2 aromatic heterocycles. The molecule has 0 aliphatic rings. The molecule has 16 heavy (non-hydrogen) atoms. The van der Waals surface area contributed by atoms with Crippen LogP contribution in [0, 0.1) is 0 Å². The molecule has 0 atom stereocenters. The molecule has 0 aliphatic heterocycles. The highest BCUT2D eigenvalue weighted by Gasteiger charge is 2.12. The van der Waals surface area contributed by atoms with E-state index in [1.807, 2.05) is 11.4 Å². The molecule has 0 unspecified atom stereocenters. The van der Waals surface area contributed by atoms with Gasteiger partial charge >= 0.3 is 5.97 Å². The Morgan fingerprint density at radius 3 is 3.12 bits per heavy atom. The Bertz CT molecular complexity index is 508. The van der Waals surface area contributed by atoms with Crippen LogP contribution in [0.4, 0.5) is 0 Å². The van der Waals surface area contributed by atoms with Crippen LogP contribution in [0.3, 0.4) is 0 Å². The van der Waals surface area contributed by atoms with Gasteiger partial charge in [-0.25, -0.2) is 14.5 Å². The highest BCUT2D eigenvalue weighted by molar-refractivity contribution is 9.10. The molecular formula is C9H8BrN3O2S. The molecular weight excluding hydrogens is 294 g/mol. The summed E-state index contributed by atoms with van der Waals surface area (Å²) in [5.74, 6) is -0.445. The summed E-state index contributed by atoms with van der Waals surface area (Å²) >= 11 is 5.05. The molecule has 0 spiro atoms. The first kappa shape index (κ1) is 11.3. The summed E-state index contributed by atoms with van der Waals surface area (Å²) in [5.41, 5.74) is 0. The molecule has 5 nitrogen and oxygen atoms in total. The van der Waals surface area contributed by atoms with Crippen molar-refractivity contribution >= 4 is 33.2 Å². The largest absolute Gasteiger partial charge is 0.463 e. The molecule has 0 aliphatic carbocycles. The summed E-state index contributed by atoms with van der Waals surface area (Å²) in [4.78, 5) is 16.1. The Labute approximate surface area is 104 Å². The maximum Gasteiger partial charge on any atom is 0.377 e. The molecule has 84 valence electrons. The molecule has 0 saturated carbocycles. The van der Waals surface area contributed by atoms with Crippen molar-refractivity contribution in [2.75, 3.05) is 7.11 Å². The lowest BCUT2D eigenvalue weighted by Crippen LogP contribution is -2.06. The fourth-order valence-electron chi connectivity index (χ4n) is 1.14. The number of esters is 1. The number of carbonyl (C=O) groups is 1. The smallest absolute Gasteiger partial charge is 0.377 e. The van der Waals surface area contributed by atoms with Crippen LogP contribution in [-0.4, -0.2) is 27.8 Å². The number of halogens is 1. The monoisotopic (exact) mass is 301 g/mol. The minimum Gasteiger partial charge on any atom is -0.463 e. The molecule has 0 radical (unpaired) electrons. The van der Waals surface area contributed by atoms with E-state index in [0.29, 0.717) is 6.54 Å². The van der Waals surface area contributed by atoms with E-state index >= 15 is 0 Å². The summed E-state index contributed by atoms with van der Waals surface area (Å²) in [6.07, 6.45) is 1.51. The van der Waals surface area contributed by atoms with Gasteiger partial charge in [-0.1, -0.05) is 0 Å². The number of ether oxygens (including phenoxy) is 1. The topological polar surface area (TPSA) is 57.0 Å². The molecule has 0 saturated heterocycles. The summed E-state index contributed by atoms with van der Waals surface area (Å²) < 4.78 is 7.16. The van der Waals surface area contributed by atoms with Crippen LogP contribution in [-0.2, 0) is 11.3 Å². The first-order valence-electron chi connectivity index (χ1n) is 4.40. The van der Waals surface area contributed by atoms with Crippen LogP contribution < -0.4 is 0 Å². The van der Waals surface area contributed by atoms with Crippen molar-refractivity contribution in [3.63, 3.8) is 0 Å². The predicted molar refractivity (Wildman–Crippen MR) is 62.5 cm³/mol. The average molecular weight is 302 g/mol. The Hall–Kier alpha value is -1.21. The number of nitrogens with zero attached hydrogens (tertiary/aromatic N) is 3. The van der Waals surface area contributed by atoms with E-state index in [1.54, 1.807) is 16.0 Å². The minimum atomic E-state index is -0.524. The van der Waals surface area contributed by atoms with Gasteiger partial charge in [0.15, 0.2) is 0 Å². The Morgan fingerprint density at radius 2 is 2.50 bits per heavy atom. The molecule has 2 heterocycles. The van der Waals surface area contributed by atoms with Gasteiger partial charge in [0.1, 0.15) is 6.33 Å². The van der Waals surface area contributed by atoms with E-state index in [-0.39, 0.29) is 5.82 Å². The minimum absolute atomic E-state index is 0.0789. The van der Waals surface area contributed by atoms with Gasteiger partial charge in [-0.05, 0) is 27.4 Å². The molecule has 2 aromatic rings. The van der Waals surface area contributed by atoms with Crippen molar-refractivity contribution in [1.82, 2.24) is 14.8 Å². The molecule has 0 bridgehead atoms. The maximum atomic E-state index is 11.1. The van der Waals surface area contributed by atoms with Crippen LogP contribution in [0.25, 0.3) is 0 Å². The summed E-state index contributed by atoms with van der Waals surface area (Å²) in [7, 11) is 1.30. The third-order valence-corrected chi connectivity index (χ3v) is 3.81. The molecule has 0 fully saturated rings. The van der Waals surface area contributed by atoms with Gasteiger partial charge in [-0.3, -0.25) is 0 Å². The zero-order chi connectivity index (χ0) is 11.5. The van der Waals surface area contributed by atoms with Crippen molar-refractivity contribution in [3.8, 4) is 0 Å². The number of carbonyl (C=O) groups excluding carboxylic acids is 1. The number of hydrogen-bond acceptors (Lipinski definition) is 5. The van der Waals surface area contributed by atoms with Crippen molar-refractivity contribution in [1.29, 1.82) is 0 Å². The van der Waals surface area contributed by atoms with Crippen LogP contribution >= 0.6 is 27.3 Å². The lowest BCUT2D eigenvalue weighted by atomic mass is 10.5. The van der Waals surface area contributed by atoms with Crippen LogP contribution in [0.2, 0.25) is 0 Å². The second-order valence-electron chi connectivity index (χ2n) is 2.95. The molecule has 0 amide bonds. The molecule has 7 heteroatoms. The van der Waals surface area contributed by atoms with E-state index in [0.717, 1.165) is 9.35 Å². The standard InChI is InChI=1S/C9H8BrN3O2S/c1-15-9(14)8-11-5-13(12-8)4-7-6(10)2-3-16-7/h2-3,5H,4H2,1H3. The second-order valence-corrected chi connectivity index (χ2v) is 4.80. The molecule has 0 N–H and O–H groups in total. The number of aromatic nitrogens is 3. The SMILES string of the molecule is COC(=O)c1ncn(Cc2sccc2Br)n1. The number of hydrogen-bond donors (Lipinski definition) is 0.